The van der Waals surface area contributed by atoms with Crippen molar-refractivity contribution >= 4 is 28.9 Å². The minimum atomic E-state index is -0.356. The van der Waals surface area contributed by atoms with Crippen LogP contribution in [0.4, 0.5) is 0 Å². The molecule has 4 rings (SSSR count). The van der Waals surface area contributed by atoms with Crippen LogP contribution >= 0.6 is 22.9 Å². The third kappa shape index (κ3) is 5.48. The smallest absolute Gasteiger partial charge is 0.306 e. The van der Waals surface area contributed by atoms with Gasteiger partial charge >= 0.3 is 5.97 Å². The van der Waals surface area contributed by atoms with Crippen LogP contribution in [0.5, 0.6) is 5.75 Å². The molecule has 2 aromatic carbocycles. The van der Waals surface area contributed by atoms with Crippen molar-refractivity contribution in [1.29, 1.82) is 0 Å². The van der Waals surface area contributed by atoms with Crippen molar-refractivity contribution in [3.05, 3.63) is 70.5 Å². The summed E-state index contributed by atoms with van der Waals surface area (Å²) < 4.78 is 15.7. The van der Waals surface area contributed by atoms with Gasteiger partial charge in [0.1, 0.15) is 17.4 Å². The van der Waals surface area contributed by atoms with Crippen LogP contribution in [-0.2, 0) is 22.6 Å². The van der Waals surface area contributed by atoms with Gasteiger partial charge in [-0.15, -0.1) is 11.3 Å². The maximum Gasteiger partial charge on any atom is 0.306 e. The van der Waals surface area contributed by atoms with Gasteiger partial charge in [0.2, 0.25) is 11.7 Å². The van der Waals surface area contributed by atoms with Crippen LogP contribution in [0.1, 0.15) is 18.0 Å². The Labute approximate surface area is 187 Å². The normalized spacial score (nSPS) is 10.8. The van der Waals surface area contributed by atoms with Crippen LogP contribution in [-0.4, -0.2) is 28.2 Å². The molecular formula is C22H18ClN3O4S. The van der Waals surface area contributed by atoms with Gasteiger partial charge in [0, 0.05) is 28.0 Å². The summed E-state index contributed by atoms with van der Waals surface area (Å²) in [7, 11) is 1.63. The molecule has 0 atom stereocenters. The maximum absolute atomic E-state index is 12.1. The first-order valence-corrected chi connectivity index (χ1v) is 10.7. The number of carbonyl (C=O) groups is 1. The second kappa shape index (κ2) is 9.72. The Morgan fingerprint density at radius 1 is 1.06 bits per heavy atom. The Morgan fingerprint density at radius 3 is 2.55 bits per heavy atom. The van der Waals surface area contributed by atoms with E-state index in [-0.39, 0.29) is 19.0 Å². The fourth-order valence-corrected chi connectivity index (χ4v) is 3.68. The number of hydrogen-bond acceptors (Lipinski definition) is 8. The molecule has 158 valence electrons. The molecule has 0 aliphatic rings. The van der Waals surface area contributed by atoms with Gasteiger partial charge in [0.05, 0.1) is 19.2 Å². The largest absolute Gasteiger partial charge is 0.497 e. The van der Waals surface area contributed by atoms with Crippen molar-refractivity contribution in [1.82, 2.24) is 15.1 Å². The first-order chi connectivity index (χ1) is 15.1. The van der Waals surface area contributed by atoms with Gasteiger partial charge in [0.25, 0.3) is 0 Å². The van der Waals surface area contributed by atoms with E-state index in [0.717, 1.165) is 21.9 Å². The summed E-state index contributed by atoms with van der Waals surface area (Å²) in [5.74, 6) is 1.26. The van der Waals surface area contributed by atoms with Crippen molar-refractivity contribution in [2.75, 3.05) is 7.11 Å². The van der Waals surface area contributed by atoms with Gasteiger partial charge in [-0.25, -0.2) is 4.98 Å². The molecule has 4 aromatic rings. The van der Waals surface area contributed by atoms with E-state index in [9.17, 15) is 4.79 Å². The number of halogens is 1. The highest BCUT2D eigenvalue weighted by molar-refractivity contribution is 7.13. The van der Waals surface area contributed by atoms with E-state index < -0.39 is 0 Å². The summed E-state index contributed by atoms with van der Waals surface area (Å²) in [4.78, 5) is 20.9. The van der Waals surface area contributed by atoms with Crippen LogP contribution in [0.2, 0.25) is 5.02 Å². The number of esters is 1. The molecule has 0 aliphatic carbocycles. The Morgan fingerprint density at radius 2 is 1.81 bits per heavy atom. The molecule has 0 saturated carbocycles. The first-order valence-electron chi connectivity index (χ1n) is 9.43. The Hall–Kier alpha value is -3.23. The fourth-order valence-electron chi connectivity index (χ4n) is 2.75. The van der Waals surface area contributed by atoms with Gasteiger partial charge < -0.3 is 14.0 Å². The van der Waals surface area contributed by atoms with Crippen molar-refractivity contribution < 1.29 is 18.8 Å². The Kier molecular flexibility index (Phi) is 6.59. The number of benzene rings is 2. The molecule has 0 saturated heterocycles. The number of thiazole rings is 1. The second-order valence-electron chi connectivity index (χ2n) is 6.55. The average molecular weight is 456 g/mol. The molecule has 2 heterocycles. The molecule has 0 unspecified atom stereocenters. The van der Waals surface area contributed by atoms with Crippen molar-refractivity contribution in [2.45, 2.75) is 19.4 Å². The monoisotopic (exact) mass is 455 g/mol. The number of ether oxygens (including phenoxy) is 2. The average Bonchev–Trinajstić information content (AvgIpc) is 3.47. The quantitative estimate of drug-likeness (QED) is 0.337. The van der Waals surface area contributed by atoms with Crippen LogP contribution < -0.4 is 4.74 Å². The molecule has 2 aromatic heterocycles. The number of nitrogens with zero attached hydrogens (tertiary/aromatic N) is 3. The van der Waals surface area contributed by atoms with E-state index >= 15 is 0 Å². The van der Waals surface area contributed by atoms with E-state index in [1.807, 2.05) is 29.6 Å². The van der Waals surface area contributed by atoms with Crippen molar-refractivity contribution in [3.63, 3.8) is 0 Å². The summed E-state index contributed by atoms with van der Waals surface area (Å²) >= 11 is 7.38. The molecule has 9 heteroatoms. The van der Waals surface area contributed by atoms with E-state index in [0.29, 0.717) is 28.9 Å². The predicted molar refractivity (Wildman–Crippen MR) is 117 cm³/mol. The Bertz CT molecular complexity index is 1160. The minimum absolute atomic E-state index is 0.116. The highest BCUT2D eigenvalue weighted by atomic mass is 35.5. The van der Waals surface area contributed by atoms with Gasteiger partial charge in [-0.05, 0) is 48.5 Å². The maximum atomic E-state index is 12.1. The van der Waals surface area contributed by atoms with E-state index in [1.165, 1.54) is 11.3 Å². The highest BCUT2D eigenvalue weighted by Gasteiger charge is 2.13. The van der Waals surface area contributed by atoms with E-state index in [1.54, 1.807) is 31.4 Å². The number of carbonyl (C=O) groups excluding carboxylic acids is 1. The summed E-state index contributed by atoms with van der Waals surface area (Å²) in [6, 6.07) is 14.8. The summed E-state index contributed by atoms with van der Waals surface area (Å²) in [6.07, 6.45) is 0.436. The number of aromatic nitrogens is 3. The standard InChI is InChI=1S/C22H18ClN3O4S/c1-28-18-8-4-15(5-9-18)22-24-17(13-31-22)12-29-20(27)11-10-19-25-21(26-30-19)14-2-6-16(23)7-3-14/h2-9,13H,10-12H2,1H3. The summed E-state index contributed by atoms with van der Waals surface area (Å²) in [5, 5.41) is 7.30. The predicted octanol–water partition coefficient (Wildman–Crippen LogP) is 5.20. The van der Waals surface area contributed by atoms with E-state index in [4.69, 9.17) is 25.6 Å². The third-order valence-electron chi connectivity index (χ3n) is 4.38. The molecule has 0 amide bonds. The number of rotatable bonds is 8. The van der Waals surface area contributed by atoms with Crippen molar-refractivity contribution in [3.8, 4) is 27.7 Å². The number of methoxy groups -OCH3 is 1. The molecule has 0 fully saturated rings. The minimum Gasteiger partial charge on any atom is -0.497 e. The lowest BCUT2D eigenvalue weighted by molar-refractivity contribution is -0.145. The van der Waals surface area contributed by atoms with Crippen LogP contribution in [0, 0.1) is 0 Å². The molecule has 0 N–H and O–H groups in total. The lowest BCUT2D eigenvalue weighted by Crippen LogP contribution is -2.06. The van der Waals surface area contributed by atoms with E-state index in [2.05, 4.69) is 15.1 Å². The molecule has 7 nitrogen and oxygen atoms in total. The number of hydrogen-bond donors (Lipinski definition) is 0. The molecule has 0 radical (unpaired) electrons. The lowest BCUT2D eigenvalue weighted by atomic mass is 10.2. The highest BCUT2D eigenvalue weighted by Crippen LogP contribution is 2.26. The van der Waals surface area contributed by atoms with Gasteiger partial charge in [0.15, 0.2) is 0 Å². The van der Waals surface area contributed by atoms with Crippen molar-refractivity contribution in [2.24, 2.45) is 0 Å². The van der Waals surface area contributed by atoms with Gasteiger partial charge in [-0.3, -0.25) is 4.79 Å². The second-order valence-corrected chi connectivity index (χ2v) is 7.85. The van der Waals surface area contributed by atoms with Crippen LogP contribution in [0.3, 0.4) is 0 Å². The zero-order valence-electron chi connectivity index (χ0n) is 16.6. The lowest BCUT2D eigenvalue weighted by Gasteiger charge is -2.02. The van der Waals surface area contributed by atoms with Crippen LogP contribution in [0.15, 0.2) is 58.4 Å². The Balaban J connectivity index is 1.26. The third-order valence-corrected chi connectivity index (χ3v) is 5.58. The zero-order chi connectivity index (χ0) is 21.6. The molecule has 0 bridgehead atoms. The molecule has 0 aliphatic heterocycles. The fraction of sp³-hybridized carbons (Fsp3) is 0.182. The van der Waals surface area contributed by atoms with Crippen LogP contribution in [0.25, 0.3) is 22.0 Å². The summed E-state index contributed by atoms with van der Waals surface area (Å²) in [6.45, 7) is 0.116. The van der Waals surface area contributed by atoms with Gasteiger partial charge in [-0.1, -0.05) is 16.8 Å². The first kappa shape index (κ1) is 21.0. The summed E-state index contributed by atoms with van der Waals surface area (Å²) in [5.41, 5.74) is 2.47. The topological polar surface area (TPSA) is 87.3 Å². The molecule has 0 spiro atoms. The number of aryl methyl sites for hydroxylation is 1. The molecule has 31 heavy (non-hydrogen) atoms. The zero-order valence-corrected chi connectivity index (χ0v) is 18.2. The SMILES string of the molecule is COc1ccc(-c2nc(COC(=O)CCc3nc(-c4ccc(Cl)cc4)no3)cs2)cc1. The molecular weight excluding hydrogens is 438 g/mol. The van der Waals surface area contributed by atoms with Gasteiger partial charge in [-0.2, -0.15) is 4.98 Å².